The van der Waals surface area contributed by atoms with Crippen LogP contribution in [0.4, 0.5) is 10.7 Å². The molecule has 0 atom stereocenters. The molecule has 0 saturated carbocycles. The number of aryl methyl sites for hydroxylation is 1. The summed E-state index contributed by atoms with van der Waals surface area (Å²) in [5.41, 5.74) is 2.32. The fraction of sp³-hybridized carbons (Fsp3) is 0.429. The van der Waals surface area contributed by atoms with Gasteiger partial charge in [0.25, 0.3) is 0 Å². The van der Waals surface area contributed by atoms with Crippen LogP contribution in [0.2, 0.25) is 0 Å². The summed E-state index contributed by atoms with van der Waals surface area (Å²) >= 11 is 1.78. The van der Waals surface area contributed by atoms with Gasteiger partial charge in [-0.2, -0.15) is 0 Å². The lowest BCUT2D eigenvalue weighted by Gasteiger charge is -2.37. The van der Waals surface area contributed by atoms with Crippen molar-refractivity contribution in [1.82, 2.24) is 10.2 Å². The largest absolute Gasteiger partial charge is 0.360 e. The third kappa shape index (κ3) is 3.99. The smallest absolute Gasteiger partial charge is 0.246 e. The van der Waals surface area contributed by atoms with E-state index in [1.54, 1.807) is 18.4 Å². The number of nitrogens with one attached hydrogen (secondary N) is 1. The maximum atomic E-state index is 12.9. The van der Waals surface area contributed by atoms with E-state index in [0.717, 1.165) is 57.2 Å². The van der Waals surface area contributed by atoms with Crippen molar-refractivity contribution in [1.29, 1.82) is 0 Å². The van der Waals surface area contributed by atoms with Gasteiger partial charge in [0.15, 0.2) is 5.96 Å². The van der Waals surface area contributed by atoms with Gasteiger partial charge < -0.3 is 20.0 Å². The van der Waals surface area contributed by atoms with Crippen LogP contribution in [0.3, 0.4) is 0 Å². The zero-order chi connectivity index (χ0) is 19.3. The number of rotatable bonds is 3. The number of guanidine groups is 1. The standard InChI is InChI=1S/C21H27N5OS/c1-22-21(25-13-11-24(12-14-25)20-9-5-15-28-20)23-16-19(27)26-10-4-7-17-6-2-3-8-18(17)26/h2-3,5-6,8-9,15H,4,7,10-14,16H2,1H3,(H,22,23). The van der Waals surface area contributed by atoms with Crippen molar-refractivity contribution in [2.24, 2.45) is 4.99 Å². The van der Waals surface area contributed by atoms with Crippen molar-refractivity contribution in [2.45, 2.75) is 12.8 Å². The quantitative estimate of drug-likeness (QED) is 0.638. The maximum absolute atomic E-state index is 12.9. The highest BCUT2D eigenvalue weighted by atomic mass is 32.1. The molecule has 28 heavy (non-hydrogen) atoms. The molecule has 1 aromatic carbocycles. The van der Waals surface area contributed by atoms with Crippen LogP contribution in [0.25, 0.3) is 0 Å². The number of benzene rings is 1. The topological polar surface area (TPSA) is 51.2 Å². The molecule has 0 bridgehead atoms. The van der Waals surface area contributed by atoms with E-state index in [0.29, 0.717) is 0 Å². The van der Waals surface area contributed by atoms with Gasteiger partial charge in [0, 0.05) is 45.5 Å². The zero-order valence-corrected chi connectivity index (χ0v) is 17.1. The minimum atomic E-state index is 0.102. The molecule has 2 aromatic rings. The van der Waals surface area contributed by atoms with Crippen molar-refractivity contribution in [3.63, 3.8) is 0 Å². The Hall–Kier alpha value is -2.54. The van der Waals surface area contributed by atoms with E-state index in [1.807, 2.05) is 23.1 Å². The Morgan fingerprint density at radius 3 is 2.68 bits per heavy atom. The first kappa shape index (κ1) is 18.8. The molecule has 1 amide bonds. The number of carbonyl (C=O) groups is 1. The molecule has 3 heterocycles. The van der Waals surface area contributed by atoms with E-state index in [-0.39, 0.29) is 12.5 Å². The lowest BCUT2D eigenvalue weighted by atomic mass is 10.0. The molecule has 1 fully saturated rings. The third-order valence-electron chi connectivity index (χ3n) is 5.42. The Bertz CT molecular complexity index is 827. The van der Waals surface area contributed by atoms with Gasteiger partial charge in [-0.25, -0.2) is 0 Å². The first-order chi connectivity index (χ1) is 13.8. The van der Waals surface area contributed by atoms with Gasteiger partial charge in [-0.05, 0) is 42.0 Å². The van der Waals surface area contributed by atoms with Crippen molar-refractivity contribution in [3.8, 4) is 0 Å². The van der Waals surface area contributed by atoms with E-state index in [9.17, 15) is 4.79 Å². The molecule has 7 heteroatoms. The number of para-hydroxylation sites is 1. The molecular formula is C21H27N5OS. The number of nitrogens with zero attached hydrogens (tertiary/aromatic N) is 4. The molecule has 1 N–H and O–H groups in total. The fourth-order valence-electron chi connectivity index (χ4n) is 3.96. The Balaban J connectivity index is 1.32. The number of aliphatic imine (C=N–C) groups is 1. The molecule has 0 aliphatic carbocycles. The lowest BCUT2D eigenvalue weighted by molar-refractivity contribution is -0.117. The Labute approximate surface area is 170 Å². The second-order valence-electron chi connectivity index (χ2n) is 7.10. The van der Waals surface area contributed by atoms with Crippen LogP contribution in [0.1, 0.15) is 12.0 Å². The van der Waals surface area contributed by atoms with Gasteiger partial charge in [-0.15, -0.1) is 11.3 Å². The monoisotopic (exact) mass is 397 g/mol. The van der Waals surface area contributed by atoms with Crippen LogP contribution >= 0.6 is 11.3 Å². The molecule has 0 unspecified atom stereocenters. The van der Waals surface area contributed by atoms with E-state index in [1.165, 1.54) is 10.6 Å². The fourth-order valence-corrected chi connectivity index (χ4v) is 4.75. The van der Waals surface area contributed by atoms with Crippen molar-refractivity contribution < 1.29 is 4.79 Å². The van der Waals surface area contributed by atoms with Crippen molar-refractivity contribution in [2.75, 3.05) is 56.1 Å². The molecule has 4 rings (SSSR count). The van der Waals surface area contributed by atoms with Crippen LogP contribution < -0.4 is 15.1 Å². The van der Waals surface area contributed by atoms with Crippen LogP contribution in [0.15, 0.2) is 46.8 Å². The summed E-state index contributed by atoms with van der Waals surface area (Å²) in [6, 6.07) is 12.5. The Kier molecular flexibility index (Phi) is 5.81. The summed E-state index contributed by atoms with van der Waals surface area (Å²) in [6.45, 7) is 4.79. The van der Waals surface area contributed by atoms with Gasteiger partial charge in [0.05, 0.1) is 11.5 Å². The van der Waals surface area contributed by atoms with Gasteiger partial charge in [0.2, 0.25) is 5.91 Å². The maximum Gasteiger partial charge on any atom is 0.246 e. The van der Waals surface area contributed by atoms with Gasteiger partial charge in [-0.1, -0.05) is 18.2 Å². The molecule has 6 nitrogen and oxygen atoms in total. The van der Waals surface area contributed by atoms with Gasteiger partial charge in [0.1, 0.15) is 0 Å². The predicted molar refractivity (Wildman–Crippen MR) is 117 cm³/mol. The summed E-state index contributed by atoms with van der Waals surface area (Å²) in [6.07, 6.45) is 2.06. The molecule has 1 aromatic heterocycles. The number of carbonyl (C=O) groups excluding carboxylic acids is 1. The molecular weight excluding hydrogens is 370 g/mol. The SMILES string of the molecule is CN=C(NCC(=O)N1CCCc2ccccc21)N1CCN(c2cccs2)CC1. The highest BCUT2D eigenvalue weighted by molar-refractivity contribution is 7.14. The number of hydrogen-bond acceptors (Lipinski definition) is 4. The lowest BCUT2D eigenvalue weighted by Crippen LogP contribution is -2.54. The minimum Gasteiger partial charge on any atom is -0.360 e. The first-order valence-electron chi connectivity index (χ1n) is 9.88. The second-order valence-corrected chi connectivity index (χ2v) is 8.03. The second kappa shape index (κ2) is 8.65. The van der Waals surface area contributed by atoms with Crippen LogP contribution in [0.5, 0.6) is 0 Å². The summed E-state index contributed by atoms with van der Waals surface area (Å²) < 4.78 is 0. The molecule has 2 aliphatic heterocycles. The molecule has 0 spiro atoms. The summed E-state index contributed by atoms with van der Waals surface area (Å²) in [5, 5.41) is 6.72. The number of amides is 1. The number of piperazine rings is 1. The zero-order valence-electron chi connectivity index (χ0n) is 16.3. The van der Waals surface area contributed by atoms with Gasteiger partial charge >= 0.3 is 0 Å². The first-order valence-corrected chi connectivity index (χ1v) is 10.8. The van der Waals surface area contributed by atoms with E-state index in [4.69, 9.17) is 0 Å². The average Bonchev–Trinajstić information content (AvgIpc) is 3.29. The van der Waals surface area contributed by atoms with Crippen LogP contribution in [-0.4, -0.2) is 63.1 Å². The van der Waals surface area contributed by atoms with Gasteiger partial charge in [-0.3, -0.25) is 9.79 Å². The Morgan fingerprint density at radius 1 is 1.11 bits per heavy atom. The summed E-state index contributed by atoms with van der Waals surface area (Å²) in [5.74, 6) is 0.912. The van der Waals surface area contributed by atoms with Crippen molar-refractivity contribution >= 4 is 33.9 Å². The predicted octanol–water partition coefficient (Wildman–Crippen LogP) is 2.42. The molecule has 0 radical (unpaired) electrons. The number of thiophene rings is 1. The van der Waals surface area contributed by atoms with Crippen LogP contribution in [0, 0.1) is 0 Å². The number of fused-ring (bicyclic) bond motifs is 1. The normalized spacial score (nSPS) is 17.5. The number of hydrogen-bond donors (Lipinski definition) is 1. The average molecular weight is 398 g/mol. The summed E-state index contributed by atoms with van der Waals surface area (Å²) in [4.78, 5) is 23.8. The highest BCUT2D eigenvalue weighted by Gasteiger charge is 2.24. The number of anilines is 2. The Morgan fingerprint density at radius 2 is 1.93 bits per heavy atom. The third-order valence-corrected chi connectivity index (χ3v) is 6.35. The molecule has 1 saturated heterocycles. The highest BCUT2D eigenvalue weighted by Crippen LogP contribution is 2.26. The van der Waals surface area contributed by atoms with Crippen molar-refractivity contribution in [3.05, 3.63) is 47.3 Å². The van der Waals surface area contributed by atoms with Crippen LogP contribution in [-0.2, 0) is 11.2 Å². The van der Waals surface area contributed by atoms with E-state index in [2.05, 4.69) is 43.7 Å². The molecule has 148 valence electrons. The summed E-state index contributed by atoms with van der Waals surface area (Å²) in [7, 11) is 1.79. The van der Waals surface area contributed by atoms with E-state index < -0.39 is 0 Å². The molecule has 2 aliphatic rings. The van der Waals surface area contributed by atoms with E-state index >= 15 is 0 Å². The minimum absolute atomic E-state index is 0.102.